The van der Waals surface area contributed by atoms with Crippen LogP contribution in [0, 0.1) is 19.7 Å². The number of aryl methyl sites for hydroxylation is 2. The average molecular weight is 391 g/mol. The van der Waals surface area contributed by atoms with Gasteiger partial charge in [0.2, 0.25) is 5.91 Å². The first-order valence-corrected chi connectivity index (χ1v) is 9.85. The fraction of sp³-hybridized carbons (Fsp3) is 0.278. The molecule has 3 N–H and O–H groups in total. The molecule has 3 aromatic rings. The Morgan fingerprint density at radius 1 is 1.31 bits per heavy atom. The van der Waals surface area contributed by atoms with E-state index in [2.05, 4.69) is 15.3 Å². The zero-order valence-corrected chi connectivity index (χ0v) is 16.3. The number of carbonyl (C=O) groups excluding carboxylic acids is 1. The molecule has 0 bridgehead atoms. The van der Waals surface area contributed by atoms with Crippen LogP contribution in [0.1, 0.15) is 23.8 Å². The summed E-state index contributed by atoms with van der Waals surface area (Å²) in [5, 5.41) is 3.79. The summed E-state index contributed by atoms with van der Waals surface area (Å²) in [6, 6.07) is 5.68. The SMILES string of the molecule is CC[C@H](Sc1nc(N)c2c(C)c(C)sc2n1)C(=O)Nc1ccc(F)cc1. The van der Waals surface area contributed by atoms with Gasteiger partial charge in [-0.2, -0.15) is 0 Å². The topological polar surface area (TPSA) is 80.9 Å². The third kappa shape index (κ3) is 3.81. The largest absolute Gasteiger partial charge is 0.383 e. The fourth-order valence-corrected chi connectivity index (χ4v) is 4.50. The minimum absolute atomic E-state index is 0.176. The van der Waals surface area contributed by atoms with E-state index in [-0.39, 0.29) is 17.0 Å². The Labute approximate surface area is 159 Å². The van der Waals surface area contributed by atoms with Crippen molar-refractivity contribution in [3.63, 3.8) is 0 Å². The van der Waals surface area contributed by atoms with Crippen LogP contribution in [0.2, 0.25) is 0 Å². The van der Waals surface area contributed by atoms with Gasteiger partial charge in [0.1, 0.15) is 16.5 Å². The molecule has 0 radical (unpaired) electrons. The van der Waals surface area contributed by atoms with Crippen molar-refractivity contribution in [2.24, 2.45) is 0 Å². The van der Waals surface area contributed by atoms with E-state index < -0.39 is 0 Å². The fourth-order valence-electron chi connectivity index (χ4n) is 2.52. The first kappa shape index (κ1) is 18.6. The van der Waals surface area contributed by atoms with E-state index in [0.29, 0.717) is 23.1 Å². The standard InChI is InChI=1S/C18H19FN4OS2/c1-4-13(16(24)21-12-7-5-11(19)6-8-12)26-18-22-15(20)14-9(2)10(3)25-17(14)23-18/h5-8,13H,4H2,1-3H3,(H,21,24)(H2,20,22,23)/t13-/m0/s1. The number of hydrogen-bond donors (Lipinski definition) is 2. The Morgan fingerprint density at radius 2 is 2.00 bits per heavy atom. The summed E-state index contributed by atoms with van der Waals surface area (Å²) in [5.74, 6) is -0.0822. The van der Waals surface area contributed by atoms with E-state index in [0.717, 1.165) is 20.7 Å². The van der Waals surface area contributed by atoms with E-state index in [9.17, 15) is 9.18 Å². The molecule has 2 aromatic heterocycles. The van der Waals surface area contributed by atoms with Gasteiger partial charge in [-0.3, -0.25) is 4.79 Å². The number of thiophene rings is 1. The molecule has 0 fully saturated rings. The van der Waals surface area contributed by atoms with Gasteiger partial charge in [0.25, 0.3) is 0 Å². The van der Waals surface area contributed by atoms with Crippen LogP contribution in [-0.2, 0) is 4.79 Å². The van der Waals surface area contributed by atoms with E-state index in [1.807, 2.05) is 20.8 Å². The number of carbonyl (C=O) groups is 1. The number of nitrogens with two attached hydrogens (primary N) is 1. The normalized spacial score (nSPS) is 12.3. The van der Waals surface area contributed by atoms with Crippen LogP contribution in [0.3, 0.4) is 0 Å². The molecule has 2 heterocycles. The van der Waals surface area contributed by atoms with Gasteiger partial charge in [-0.1, -0.05) is 18.7 Å². The second-order valence-electron chi connectivity index (χ2n) is 5.87. The number of anilines is 2. The molecule has 5 nitrogen and oxygen atoms in total. The maximum absolute atomic E-state index is 13.0. The van der Waals surface area contributed by atoms with Crippen molar-refractivity contribution < 1.29 is 9.18 Å². The van der Waals surface area contributed by atoms with E-state index in [1.165, 1.54) is 36.0 Å². The number of aromatic nitrogens is 2. The number of nitrogens with one attached hydrogen (secondary N) is 1. The van der Waals surface area contributed by atoms with Gasteiger partial charge >= 0.3 is 0 Å². The number of amides is 1. The van der Waals surface area contributed by atoms with E-state index in [1.54, 1.807) is 11.3 Å². The van der Waals surface area contributed by atoms with Gasteiger partial charge in [0.15, 0.2) is 5.16 Å². The molecule has 0 aliphatic carbocycles. The average Bonchev–Trinajstić information content (AvgIpc) is 2.89. The second kappa shape index (κ2) is 7.59. The minimum Gasteiger partial charge on any atom is -0.383 e. The number of benzene rings is 1. The highest BCUT2D eigenvalue weighted by Crippen LogP contribution is 2.34. The first-order chi connectivity index (χ1) is 12.4. The van der Waals surface area contributed by atoms with Crippen molar-refractivity contribution >= 4 is 50.7 Å². The molecule has 0 aliphatic rings. The van der Waals surface area contributed by atoms with Crippen LogP contribution in [0.5, 0.6) is 0 Å². The lowest BCUT2D eigenvalue weighted by Crippen LogP contribution is -2.24. The lowest BCUT2D eigenvalue weighted by atomic mass is 10.2. The number of hydrogen-bond acceptors (Lipinski definition) is 6. The van der Waals surface area contributed by atoms with Gasteiger partial charge < -0.3 is 11.1 Å². The number of nitrogen functional groups attached to an aromatic ring is 1. The molecule has 1 aromatic carbocycles. The zero-order valence-electron chi connectivity index (χ0n) is 14.7. The van der Waals surface area contributed by atoms with Crippen LogP contribution >= 0.6 is 23.1 Å². The maximum Gasteiger partial charge on any atom is 0.237 e. The molecule has 0 saturated heterocycles. The summed E-state index contributed by atoms with van der Waals surface area (Å²) >= 11 is 2.86. The van der Waals surface area contributed by atoms with Crippen molar-refractivity contribution in [1.82, 2.24) is 9.97 Å². The van der Waals surface area contributed by atoms with Crippen LogP contribution in [-0.4, -0.2) is 21.1 Å². The number of nitrogens with zero attached hydrogens (tertiary/aromatic N) is 2. The monoisotopic (exact) mass is 390 g/mol. The second-order valence-corrected chi connectivity index (χ2v) is 8.24. The van der Waals surface area contributed by atoms with Crippen LogP contribution < -0.4 is 11.1 Å². The van der Waals surface area contributed by atoms with Crippen LogP contribution in [0.4, 0.5) is 15.9 Å². The first-order valence-electron chi connectivity index (χ1n) is 8.15. The molecular formula is C18H19FN4OS2. The van der Waals surface area contributed by atoms with Crippen molar-refractivity contribution in [2.45, 2.75) is 37.6 Å². The van der Waals surface area contributed by atoms with Crippen molar-refractivity contribution in [3.05, 3.63) is 40.5 Å². The predicted molar refractivity (Wildman–Crippen MR) is 106 cm³/mol. The molecular weight excluding hydrogens is 371 g/mol. The lowest BCUT2D eigenvalue weighted by Gasteiger charge is -2.14. The predicted octanol–water partition coefficient (Wildman–Crippen LogP) is 4.54. The van der Waals surface area contributed by atoms with Crippen molar-refractivity contribution in [1.29, 1.82) is 0 Å². The van der Waals surface area contributed by atoms with E-state index in [4.69, 9.17) is 5.73 Å². The third-order valence-corrected chi connectivity index (χ3v) is 6.39. The quantitative estimate of drug-likeness (QED) is 0.494. The highest BCUT2D eigenvalue weighted by atomic mass is 32.2. The van der Waals surface area contributed by atoms with Gasteiger partial charge in [-0.15, -0.1) is 11.3 Å². The summed E-state index contributed by atoms with van der Waals surface area (Å²) in [4.78, 5) is 23.5. The Bertz CT molecular complexity index is 956. The summed E-state index contributed by atoms with van der Waals surface area (Å²) in [6.45, 7) is 5.95. The molecule has 136 valence electrons. The van der Waals surface area contributed by atoms with Crippen LogP contribution in [0.15, 0.2) is 29.4 Å². The van der Waals surface area contributed by atoms with Gasteiger partial charge in [0, 0.05) is 10.6 Å². The van der Waals surface area contributed by atoms with Crippen LogP contribution in [0.25, 0.3) is 10.2 Å². The number of rotatable bonds is 5. The molecule has 0 spiro atoms. The highest BCUT2D eigenvalue weighted by Gasteiger charge is 2.21. The summed E-state index contributed by atoms with van der Waals surface area (Å²) in [7, 11) is 0. The number of thioether (sulfide) groups is 1. The molecule has 0 unspecified atom stereocenters. The van der Waals surface area contributed by atoms with Crippen molar-refractivity contribution in [3.8, 4) is 0 Å². The van der Waals surface area contributed by atoms with Gasteiger partial charge in [0.05, 0.1) is 10.6 Å². The smallest absolute Gasteiger partial charge is 0.237 e. The third-order valence-electron chi connectivity index (χ3n) is 4.06. The summed E-state index contributed by atoms with van der Waals surface area (Å²) in [5.41, 5.74) is 7.76. The molecule has 26 heavy (non-hydrogen) atoms. The minimum atomic E-state index is -0.376. The Balaban J connectivity index is 1.80. The lowest BCUT2D eigenvalue weighted by molar-refractivity contribution is -0.115. The van der Waals surface area contributed by atoms with Gasteiger partial charge in [-0.05, 0) is 50.1 Å². The van der Waals surface area contributed by atoms with Gasteiger partial charge in [-0.25, -0.2) is 14.4 Å². The highest BCUT2D eigenvalue weighted by molar-refractivity contribution is 8.00. The number of halogens is 1. The molecule has 3 rings (SSSR count). The van der Waals surface area contributed by atoms with E-state index >= 15 is 0 Å². The molecule has 8 heteroatoms. The Hall–Kier alpha value is -2.19. The number of fused-ring (bicyclic) bond motifs is 1. The molecule has 0 aliphatic heterocycles. The molecule has 1 atom stereocenters. The zero-order chi connectivity index (χ0) is 18.8. The Kier molecular flexibility index (Phi) is 5.43. The maximum atomic E-state index is 13.0. The summed E-state index contributed by atoms with van der Waals surface area (Å²) in [6.07, 6.45) is 0.599. The molecule has 1 amide bonds. The Morgan fingerprint density at radius 3 is 2.65 bits per heavy atom. The van der Waals surface area contributed by atoms with Crippen molar-refractivity contribution in [2.75, 3.05) is 11.1 Å². The molecule has 0 saturated carbocycles. The summed E-state index contributed by atoms with van der Waals surface area (Å²) < 4.78 is 13.0.